The first-order valence-corrected chi connectivity index (χ1v) is 7.30. The third-order valence-electron chi connectivity index (χ3n) is 1.99. The van der Waals surface area contributed by atoms with Crippen LogP contribution in [0, 0.1) is 0 Å². The van der Waals surface area contributed by atoms with Gasteiger partial charge in [-0.3, -0.25) is 0 Å². The Hall–Kier alpha value is -0.0000000000000000278. The molecule has 0 atom stereocenters. The second-order valence-electron chi connectivity index (χ2n) is 3.13. The maximum Gasteiger partial charge on any atom is 0.113 e. The molecule has 0 aliphatic rings. The zero-order valence-corrected chi connectivity index (χ0v) is 13.0. The highest BCUT2D eigenvalue weighted by Crippen LogP contribution is 2.36. The predicted molar refractivity (Wildman–Crippen MR) is 78.6 cm³/mol. The topological polar surface area (TPSA) is 24.9 Å². The van der Waals surface area contributed by atoms with Crippen LogP contribution in [-0.4, -0.2) is 4.98 Å². The van der Waals surface area contributed by atoms with Crippen LogP contribution in [0.25, 0.3) is 0 Å². The highest BCUT2D eigenvalue weighted by atomic mass is 79.9. The molecule has 1 aromatic heterocycles. The van der Waals surface area contributed by atoms with E-state index in [0.29, 0.717) is 20.9 Å². The van der Waals surface area contributed by atoms with Gasteiger partial charge in [-0.15, -0.1) is 11.3 Å². The molecule has 0 saturated carbocycles. The number of nitrogens with one attached hydrogen (secondary N) is 1. The average Bonchev–Trinajstić information content (AvgIpc) is 2.71. The van der Waals surface area contributed by atoms with Gasteiger partial charge in [-0.2, -0.15) is 0 Å². The van der Waals surface area contributed by atoms with E-state index in [9.17, 15) is 0 Å². The van der Waals surface area contributed by atoms with Crippen molar-refractivity contribution in [3.05, 3.63) is 42.2 Å². The van der Waals surface area contributed by atoms with E-state index in [2.05, 4.69) is 26.2 Å². The predicted octanol–water partition coefficient (Wildman–Crippen LogP) is 5.48. The van der Waals surface area contributed by atoms with E-state index in [-0.39, 0.29) is 0 Å². The molecule has 0 aliphatic heterocycles. The van der Waals surface area contributed by atoms with Gasteiger partial charge in [0, 0.05) is 4.47 Å². The third kappa shape index (κ3) is 3.26. The van der Waals surface area contributed by atoms with Crippen LogP contribution < -0.4 is 5.32 Å². The van der Waals surface area contributed by atoms with Crippen molar-refractivity contribution in [3.8, 4) is 0 Å². The molecular formula is C10H6BrCl3N2S. The molecule has 17 heavy (non-hydrogen) atoms. The first-order valence-electron chi connectivity index (χ1n) is 4.55. The van der Waals surface area contributed by atoms with Crippen LogP contribution in [-0.2, 0) is 6.54 Å². The van der Waals surface area contributed by atoms with Crippen molar-refractivity contribution in [2.75, 3.05) is 5.32 Å². The minimum atomic E-state index is 0.490. The Morgan fingerprint density at radius 1 is 1.24 bits per heavy atom. The van der Waals surface area contributed by atoms with Crippen LogP contribution in [0.5, 0.6) is 0 Å². The van der Waals surface area contributed by atoms with Crippen molar-refractivity contribution in [1.82, 2.24) is 4.98 Å². The fourth-order valence-electron chi connectivity index (χ4n) is 1.20. The maximum absolute atomic E-state index is 6.10. The highest BCUT2D eigenvalue weighted by Gasteiger charge is 2.08. The van der Waals surface area contributed by atoms with Crippen LogP contribution in [0.3, 0.4) is 0 Å². The molecule has 1 aromatic carbocycles. The van der Waals surface area contributed by atoms with Crippen molar-refractivity contribution in [1.29, 1.82) is 0 Å². The van der Waals surface area contributed by atoms with Crippen LogP contribution in [0.2, 0.25) is 14.4 Å². The van der Waals surface area contributed by atoms with E-state index in [4.69, 9.17) is 34.8 Å². The standard InChI is InChI=1S/C10H6BrCl3N2S/c11-5-1-2-6(10(14)9(5)13)15-4-8-16-3-7(12)17-8/h1-3,15H,4H2. The van der Waals surface area contributed by atoms with Crippen LogP contribution in [0.1, 0.15) is 5.01 Å². The fraction of sp³-hybridized carbons (Fsp3) is 0.100. The van der Waals surface area contributed by atoms with Crippen molar-refractivity contribution in [3.63, 3.8) is 0 Å². The van der Waals surface area contributed by atoms with Crippen LogP contribution in [0.4, 0.5) is 5.69 Å². The SMILES string of the molecule is Clc1cnc(CNc2ccc(Br)c(Cl)c2Cl)s1. The molecule has 90 valence electrons. The molecule has 0 unspecified atom stereocenters. The van der Waals surface area contributed by atoms with Gasteiger partial charge in [0.1, 0.15) is 9.34 Å². The number of thiazole rings is 1. The van der Waals surface area contributed by atoms with Gasteiger partial charge in [-0.05, 0) is 28.1 Å². The largest absolute Gasteiger partial charge is 0.377 e. The van der Waals surface area contributed by atoms with Gasteiger partial charge in [0.05, 0.1) is 28.5 Å². The lowest BCUT2D eigenvalue weighted by Crippen LogP contribution is -1.99. The minimum Gasteiger partial charge on any atom is -0.377 e. The Morgan fingerprint density at radius 3 is 2.65 bits per heavy atom. The van der Waals surface area contributed by atoms with Gasteiger partial charge in [-0.25, -0.2) is 4.98 Å². The number of rotatable bonds is 3. The summed E-state index contributed by atoms with van der Waals surface area (Å²) in [5.74, 6) is 0. The Bertz CT molecular complexity index is 544. The lowest BCUT2D eigenvalue weighted by Gasteiger charge is -2.08. The summed E-state index contributed by atoms with van der Waals surface area (Å²) in [4.78, 5) is 4.14. The number of anilines is 1. The summed E-state index contributed by atoms with van der Waals surface area (Å²) in [6, 6.07) is 3.69. The molecule has 0 saturated heterocycles. The Labute approximate surface area is 126 Å². The molecule has 1 heterocycles. The first kappa shape index (κ1) is 13.4. The van der Waals surface area contributed by atoms with E-state index in [1.54, 1.807) is 6.20 Å². The van der Waals surface area contributed by atoms with Crippen molar-refractivity contribution < 1.29 is 0 Å². The normalized spacial score (nSPS) is 10.6. The molecule has 0 amide bonds. The summed E-state index contributed by atoms with van der Waals surface area (Å²) in [5.41, 5.74) is 0.770. The third-order valence-corrected chi connectivity index (χ3v) is 4.88. The molecular weight excluding hydrogens is 366 g/mol. The second-order valence-corrected chi connectivity index (χ2v) is 6.49. The molecule has 2 rings (SSSR count). The van der Waals surface area contributed by atoms with E-state index >= 15 is 0 Å². The van der Waals surface area contributed by atoms with E-state index in [1.807, 2.05) is 12.1 Å². The molecule has 7 heteroatoms. The monoisotopic (exact) mass is 370 g/mol. The van der Waals surface area contributed by atoms with Gasteiger partial charge in [0.15, 0.2) is 0 Å². The molecule has 2 aromatic rings. The molecule has 0 aliphatic carbocycles. The van der Waals surface area contributed by atoms with Crippen LogP contribution in [0.15, 0.2) is 22.8 Å². The summed E-state index contributed by atoms with van der Waals surface area (Å²) < 4.78 is 1.44. The van der Waals surface area contributed by atoms with Gasteiger partial charge in [-0.1, -0.05) is 34.8 Å². The van der Waals surface area contributed by atoms with Crippen LogP contribution >= 0.6 is 62.1 Å². The lowest BCUT2D eigenvalue weighted by atomic mass is 10.3. The van der Waals surface area contributed by atoms with Crippen molar-refractivity contribution >= 4 is 67.8 Å². The quantitative estimate of drug-likeness (QED) is 0.722. The van der Waals surface area contributed by atoms with E-state index < -0.39 is 0 Å². The van der Waals surface area contributed by atoms with Crippen molar-refractivity contribution in [2.24, 2.45) is 0 Å². The van der Waals surface area contributed by atoms with Gasteiger partial charge in [0.25, 0.3) is 0 Å². The number of benzene rings is 1. The molecule has 0 fully saturated rings. The molecule has 2 nitrogen and oxygen atoms in total. The number of hydrogen-bond acceptors (Lipinski definition) is 3. The Balaban J connectivity index is 2.12. The Morgan fingerprint density at radius 2 is 2.00 bits per heavy atom. The molecule has 0 bridgehead atoms. The maximum atomic E-state index is 6.10. The minimum absolute atomic E-state index is 0.490. The smallest absolute Gasteiger partial charge is 0.113 e. The summed E-state index contributed by atoms with van der Waals surface area (Å²) in [5, 5.41) is 5.04. The average molecular weight is 373 g/mol. The molecule has 0 radical (unpaired) electrons. The Kier molecular flexibility index (Phi) is 4.55. The number of hydrogen-bond donors (Lipinski definition) is 1. The number of aromatic nitrogens is 1. The van der Waals surface area contributed by atoms with E-state index in [0.717, 1.165) is 15.2 Å². The molecule has 0 spiro atoms. The summed E-state index contributed by atoms with van der Waals surface area (Å²) in [6.07, 6.45) is 1.62. The second kappa shape index (κ2) is 5.76. The number of nitrogens with zero attached hydrogens (tertiary/aromatic N) is 1. The number of halogens is 4. The lowest BCUT2D eigenvalue weighted by molar-refractivity contribution is 1.10. The summed E-state index contributed by atoms with van der Waals surface area (Å²) in [7, 11) is 0. The van der Waals surface area contributed by atoms with Gasteiger partial charge >= 0.3 is 0 Å². The summed E-state index contributed by atoms with van der Waals surface area (Å²) >= 11 is 22.6. The van der Waals surface area contributed by atoms with E-state index in [1.165, 1.54) is 11.3 Å². The highest BCUT2D eigenvalue weighted by molar-refractivity contribution is 9.10. The first-order chi connectivity index (χ1) is 8.08. The van der Waals surface area contributed by atoms with Crippen molar-refractivity contribution in [2.45, 2.75) is 6.54 Å². The summed E-state index contributed by atoms with van der Waals surface area (Å²) in [6.45, 7) is 0.565. The zero-order chi connectivity index (χ0) is 12.4. The van der Waals surface area contributed by atoms with Gasteiger partial charge in [0.2, 0.25) is 0 Å². The fourth-order valence-corrected chi connectivity index (χ4v) is 2.94. The molecule has 1 N–H and O–H groups in total. The zero-order valence-electron chi connectivity index (χ0n) is 8.31. The van der Waals surface area contributed by atoms with Gasteiger partial charge < -0.3 is 5.32 Å².